The first-order valence-electron chi connectivity index (χ1n) is 6.85. The molecule has 0 spiro atoms. The topological polar surface area (TPSA) is 58.2 Å². The summed E-state index contributed by atoms with van der Waals surface area (Å²) in [6, 6.07) is 6.01. The summed E-state index contributed by atoms with van der Waals surface area (Å²) in [7, 11) is 0. The van der Waals surface area contributed by atoms with Crippen molar-refractivity contribution in [1.82, 2.24) is 14.9 Å². The number of aryl methyl sites for hydroxylation is 1. The molecule has 0 bridgehead atoms. The normalized spacial score (nSPS) is 15.2. The highest BCUT2D eigenvalue weighted by atomic mass is 19.1. The van der Waals surface area contributed by atoms with Gasteiger partial charge in [-0.05, 0) is 31.2 Å². The van der Waals surface area contributed by atoms with E-state index in [1.807, 2.05) is 0 Å². The van der Waals surface area contributed by atoms with E-state index in [-0.39, 0.29) is 11.7 Å². The molecule has 0 atom stereocenters. The lowest BCUT2D eigenvalue weighted by Crippen LogP contribution is -2.41. The van der Waals surface area contributed by atoms with Crippen LogP contribution in [0.4, 0.5) is 4.39 Å². The Morgan fingerprint density at radius 3 is 2.62 bits per heavy atom. The molecular formula is C15H16FN3O2. The van der Waals surface area contributed by atoms with Crippen molar-refractivity contribution in [3.63, 3.8) is 0 Å². The lowest BCUT2D eigenvalue weighted by Gasteiger charge is -2.26. The Morgan fingerprint density at radius 1 is 1.29 bits per heavy atom. The number of hydrogen-bond acceptors (Lipinski definition) is 3. The first-order valence-corrected chi connectivity index (χ1v) is 6.85. The number of H-pyrrole nitrogens is 1. The van der Waals surface area contributed by atoms with Gasteiger partial charge in [0.25, 0.3) is 5.91 Å². The molecule has 5 nitrogen and oxygen atoms in total. The Kier molecular flexibility index (Phi) is 3.70. The summed E-state index contributed by atoms with van der Waals surface area (Å²) in [4.78, 5) is 21.7. The van der Waals surface area contributed by atoms with E-state index in [0.717, 1.165) is 5.56 Å². The van der Waals surface area contributed by atoms with E-state index in [1.54, 1.807) is 24.0 Å². The van der Waals surface area contributed by atoms with Gasteiger partial charge in [-0.25, -0.2) is 9.37 Å². The van der Waals surface area contributed by atoms with Crippen LogP contribution >= 0.6 is 0 Å². The van der Waals surface area contributed by atoms with Crippen LogP contribution in [0, 0.1) is 12.7 Å². The average molecular weight is 289 g/mol. The number of halogens is 1. The Bertz CT molecular complexity index is 645. The monoisotopic (exact) mass is 289 g/mol. The van der Waals surface area contributed by atoms with Gasteiger partial charge in [-0.1, -0.05) is 0 Å². The van der Waals surface area contributed by atoms with Gasteiger partial charge in [0.1, 0.15) is 11.6 Å². The SMILES string of the molecule is Cc1nc(C(=O)N2CCOCC2)c(-c2ccc(F)cc2)[nH]1. The Labute approximate surface area is 121 Å². The zero-order valence-electron chi connectivity index (χ0n) is 11.7. The molecule has 1 aliphatic heterocycles. The van der Waals surface area contributed by atoms with Crippen LogP contribution in [-0.4, -0.2) is 47.1 Å². The molecule has 1 N–H and O–H groups in total. The van der Waals surface area contributed by atoms with E-state index >= 15 is 0 Å². The zero-order valence-corrected chi connectivity index (χ0v) is 11.7. The molecule has 6 heteroatoms. The van der Waals surface area contributed by atoms with Crippen molar-refractivity contribution in [2.75, 3.05) is 26.3 Å². The second-order valence-corrected chi connectivity index (χ2v) is 4.96. The molecule has 0 aliphatic carbocycles. The number of nitrogens with one attached hydrogen (secondary N) is 1. The van der Waals surface area contributed by atoms with Gasteiger partial charge < -0.3 is 14.6 Å². The Balaban J connectivity index is 1.95. The number of hydrogen-bond donors (Lipinski definition) is 1. The fraction of sp³-hybridized carbons (Fsp3) is 0.333. The van der Waals surface area contributed by atoms with E-state index in [2.05, 4.69) is 9.97 Å². The van der Waals surface area contributed by atoms with Crippen molar-refractivity contribution < 1.29 is 13.9 Å². The molecule has 2 heterocycles. The number of ether oxygens (including phenoxy) is 1. The molecule has 1 aromatic heterocycles. The highest BCUT2D eigenvalue weighted by molar-refractivity contribution is 5.98. The Hall–Kier alpha value is -2.21. The van der Waals surface area contributed by atoms with Crippen molar-refractivity contribution in [3.8, 4) is 11.3 Å². The van der Waals surface area contributed by atoms with Crippen molar-refractivity contribution in [2.24, 2.45) is 0 Å². The van der Waals surface area contributed by atoms with Gasteiger partial charge in [-0.3, -0.25) is 4.79 Å². The predicted octanol–water partition coefficient (Wildman–Crippen LogP) is 2.00. The fourth-order valence-corrected chi connectivity index (χ4v) is 2.39. The molecule has 0 saturated carbocycles. The predicted molar refractivity (Wildman–Crippen MR) is 75.4 cm³/mol. The second kappa shape index (κ2) is 5.65. The van der Waals surface area contributed by atoms with Crippen molar-refractivity contribution in [3.05, 3.63) is 41.6 Å². The van der Waals surface area contributed by atoms with Crippen LogP contribution in [0.1, 0.15) is 16.3 Å². The third-order valence-electron chi connectivity index (χ3n) is 3.46. The molecule has 0 unspecified atom stereocenters. The summed E-state index contributed by atoms with van der Waals surface area (Å²) in [6.45, 7) is 4.01. The number of rotatable bonds is 2. The van der Waals surface area contributed by atoms with Crippen LogP contribution in [-0.2, 0) is 4.74 Å². The number of imidazole rings is 1. The average Bonchev–Trinajstić information content (AvgIpc) is 2.90. The largest absolute Gasteiger partial charge is 0.378 e. The molecule has 0 radical (unpaired) electrons. The molecule has 2 aromatic rings. The summed E-state index contributed by atoms with van der Waals surface area (Å²) >= 11 is 0. The minimum atomic E-state index is -0.309. The number of nitrogens with zero attached hydrogens (tertiary/aromatic N) is 2. The van der Waals surface area contributed by atoms with E-state index in [1.165, 1.54) is 12.1 Å². The summed E-state index contributed by atoms with van der Waals surface area (Å²) < 4.78 is 18.3. The van der Waals surface area contributed by atoms with Gasteiger partial charge in [0.2, 0.25) is 0 Å². The van der Waals surface area contributed by atoms with E-state index in [4.69, 9.17) is 4.74 Å². The summed E-state index contributed by atoms with van der Waals surface area (Å²) in [6.07, 6.45) is 0. The number of carbonyl (C=O) groups is 1. The van der Waals surface area contributed by atoms with Crippen molar-refractivity contribution in [2.45, 2.75) is 6.92 Å². The van der Waals surface area contributed by atoms with Gasteiger partial charge >= 0.3 is 0 Å². The van der Waals surface area contributed by atoms with E-state index in [9.17, 15) is 9.18 Å². The van der Waals surface area contributed by atoms with Crippen LogP contribution in [0.15, 0.2) is 24.3 Å². The number of aromatic amines is 1. The standard InChI is InChI=1S/C15H16FN3O2/c1-10-17-13(11-2-4-12(16)5-3-11)14(18-10)15(20)19-6-8-21-9-7-19/h2-5H,6-9H2,1H3,(H,17,18). The number of amides is 1. The molecule has 110 valence electrons. The lowest BCUT2D eigenvalue weighted by molar-refractivity contribution is 0.0300. The van der Waals surface area contributed by atoms with Gasteiger partial charge in [0.15, 0.2) is 5.69 Å². The number of aromatic nitrogens is 2. The maximum atomic E-state index is 13.0. The smallest absolute Gasteiger partial charge is 0.274 e. The number of benzene rings is 1. The highest BCUT2D eigenvalue weighted by Gasteiger charge is 2.24. The number of carbonyl (C=O) groups excluding carboxylic acids is 1. The van der Waals surface area contributed by atoms with Crippen LogP contribution < -0.4 is 0 Å². The molecule has 1 aromatic carbocycles. The first kappa shape index (κ1) is 13.8. The molecule has 1 fully saturated rings. The summed E-state index contributed by atoms with van der Waals surface area (Å²) in [5.41, 5.74) is 1.75. The first-order chi connectivity index (χ1) is 10.1. The van der Waals surface area contributed by atoms with Crippen LogP contribution in [0.25, 0.3) is 11.3 Å². The number of morpholine rings is 1. The van der Waals surface area contributed by atoms with Crippen LogP contribution in [0.3, 0.4) is 0 Å². The third kappa shape index (κ3) is 2.80. The third-order valence-corrected chi connectivity index (χ3v) is 3.46. The highest BCUT2D eigenvalue weighted by Crippen LogP contribution is 2.23. The zero-order chi connectivity index (χ0) is 14.8. The van der Waals surface area contributed by atoms with Gasteiger partial charge in [-0.15, -0.1) is 0 Å². The molecule has 1 aliphatic rings. The second-order valence-electron chi connectivity index (χ2n) is 4.96. The summed E-state index contributed by atoms with van der Waals surface area (Å²) in [5, 5.41) is 0. The molecular weight excluding hydrogens is 273 g/mol. The molecule has 1 saturated heterocycles. The maximum Gasteiger partial charge on any atom is 0.274 e. The lowest BCUT2D eigenvalue weighted by atomic mass is 10.1. The van der Waals surface area contributed by atoms with E-state index < -0.39 is 0 Å². The quantitative estimate of drug-likeness (QED) is 0.920. The molecule has 1 amide bonds. The van der Waals surface area contributed by atoms with Crippen LogP contribution in [0.2, 0.25) is 0 Å². The van der Waals surface area contributed by atoms with Crippen LogP contribution in [0.5, 0.6) is 0 Å². The maximum absolute atomic E-state index is 13.0. The van der Waals surface area contributed by atoms with E-state index in [0.29, 0.717) is 43.5 Å². The van der Waals surface area contributed by atoms with Crippen molar-refractivity contribution >= 4 is 5.91 Å². The minimum Gasteiger partial charge on any atom is -0.378 e. The van der Waals surface area contributed by atoms with Crippen molar-refractivity contribution in [1.29, 1.82) is 0 Å². The van der Waals surface area contributed by atoms with Gasteiger partial charge in [0.05, 0.1) is 18.9 Å². The van der Waals surface area contributed by atoms with Gasteiger partial charge in [0, 0.05) is 18.7 Å². The minimum absolute atomic E-state index is 0.123. The summed E-state index contributed by atoms with van der Waals surface area (Å²) in [5.74, 6) is 0.226. The Morgan fingerprint density at radius 2 is 1.95 bits per heavy atom. The molecule has 3 rings (SSSR count). The molecule has 21 heavy (non-hydrogen) atoms. The van der Waals surface area contributed by atoms with Gasteiger partial charge in [-0.2, -0.15) is 0 Å². The fourth-order valence-electron chi connectivity index (χ4n) is 2.39.